The van der Waals surface area contributed by atoms with E-state index >= 15 is 0 Å². The van der Waals surface area contributed by atoms with Crippen LogP contribution in [-0.2, 0) is 20.0 Å². The van der Waals surface area contributed by atoms with Crippen molar-refractivity contribution in [2.75, 3.05) is 14.2 Å². The molecule has 8 heteroatoms. The lowest BCUT2D eigenvalue weighted by Gasteiger charge is -2.14. The molecule has 0 radical (unpaired) electrons. The molecule has 6 rings (SSSR count). The Kier molecular flexibility index (Phi) is 5.30. The molecule has 3 aromatic heterocycles. The molecule has 1 aliphatic heterocycles. The fourth-order valence-electron chi connectivity index (χ4n) is 4.59. The minimum Gasteiger partial charge on any atom is -0.497 e. The molecule has 36 heavy (non-hydrogen) atoms. The number of ether oxygens (including phenoxy) is 2. The Labute approximate surface area is 208 Å². The van der Waals surface area contributed by atoms with Gasteiger partial charge in [0.25, 0.3) is 0 Å². The molecule has 0 amide bonds. The summed E-state index contributed by atoms with van der Waals surface area (Å²) in [5, 5.41) is 8.98. The minimum absolute atomic E-state index is 0.635. The van der Waals surface area contributed by atoms with Gasteiger partial charge in [-0.25, -0.2) is 4.98 Å². The minimum atomic E-state index is 0.635. The van der Waals surface area contributed by atoms with Crippen molar-refractivity contribution in [1.82, 2.24) is 29.1 Å². The van der Waals surface area contributed by atoms with Gasteiger partial charge in [-0.3, -0.25) is 9.36 Å². The van der Waals surface area contributed by atoms with Crippen LogP contribution < -0.4 is 9.47 Å². The Morgan fingerprint density at radius 2 is 1.75 bits per heavy atom. The third kappa shape index (κ3) is 3.71. The lowest BCUT2D eigenvalue weighted by molar-refractivity contribution is 0.414. The summed E-state index contributed by atoms with van der Waals surface area (Å²) in [7, 11) is 5.24. The third-order valence-corrected chi connectivity index (χ3v) is 6.48. The van der Waals surface area contributed by atoms with Gasteiger partial charge in [0.1, 0.15) is 29.2 Å². The highest BCUT2D eigenvalue weighted by atomic mass is 16.5. The van der Waals surface area contributed by atoms with Crippen LogP contribution in [0.4, 0.5) is 0 Å². The van der Waals surface area contributed by atoms with Gasteiger partial charge in [-0.15, -0.1) is 0 Å². The maximum atomic E-state index is 5.58. The number of aryl methyl sites for hydroxylation is 1. The first kappa shape index (κ1) is 21.7. The van der Waals surface area contributed by atoms with Gasteiger partial charge in [0, 0.05) is 24.6 Å². The van der Waals surface area contributed by atoms with Crippen LogP contribution in [0, 0.1) is 11.8 Å². The Balaban J connectivity index is 1.47. The molecule has 0 aliphatic carbocycles. The molecule has 0 saturated heterocycles. The molecular formula is C28H24N6O2. The number of benzene rings is 2. The van der Waals surface area contributed by atoms with Crippen molar-refractivity contribution in [3.05, 3.63) is 95.5 Å². The fraction of sp³-hybridized carbons (Fsp3) is 0.179. The molecule has 0 bridgehead atoms. The molecule has 1 aliphatic rings. The summed E-state index contributed by atoms with van der Waals surface area (Å²) in [6, 6.07) is 16.1. The fourth-order valence-corrected chi connectivity index (χ4v) is 4.59. The van der Waals surface area contributed by atoms with Crippen molar-refractivity contribution in [2.45, 2.75) is 13.0 Å². The molecule has 2 aromatic carbocycles. The average Bonchev–Trinajstić information content (AvgIpc) is 3.60. The maximum Gasteiger partial charge on any atom is 0.135 e. The highest BCUT2D eigenvalue weighted by molar-refractivity contribution is 5.77. The van der Waals surface area contributed by atoms with E-state index in [9.17, 15) is 0 Å². The van der Waals surface area contributed by atoms with Gasteiger partial charge in [0.2, 0.25) is 0 Å². The van der Waals surface area contributed by atoms with Crippen LogP contribution in [0.3, 0.4) is 0 Å². The van der Waals surface area contributed by atoms with Crippen molar-refractivity contribution < 1.29 is 9.47 Å². The average molecular weight is 477 g/mol. The summed E-state index contributed by atoms with van der Waals surface area (Å²) in [6.07, 6.45) is 6.19. The van der Waals surface area contributed by atoms with Gasteiger partial charge < -0.3 is 14.0 Å². The summed E-state index contributed by atoms with van der Waals surface area (Å²) < 4.78 is 16.8. The van der Waals surface area contributed by atoms with Crippen LogP contribution in [0.1, 0.15) is 28.2 Å². The third-order valence-electron chi connectivity index (χ3n) is 6.48. The highest BCUT2D eigenvalue weighted by Gasteiger charge is 2.26. The van der Waals surface area contributed by atoms with E-state index in [-0.39, 0.29) is 0 Å². The molecule has 0 atom stereocenters. The molecule has 8 nitrogen and oxygen atoms in total. The molecule has 0 N–H and O–H groups in total. The van der Waals surface area contributed by atoms with Crippen LogP contribution in [0.15, 0.2) is 67.3 Å². The number of imidazole rings is 1. The van der Waals surface area contributed by atoms with Crippen LogP contribution in [0.25, 0.3) is 16.9 Å². The number of hydrogen-bond acceptors (Lipinski definition) is 5. The highest BCUT2D eigenvalue weighted by Crippen LogP contribution is 2.38. The van der Waals surface area contributed by atoms with Crippen molar-refractivity contribution in [3.63, 3.8) is 0 Å². The van der Waals surface area contributed by atoms with E-state index in [0.717, 1.165) is 56.7 Å². The van der Waals surface area contributed by atoms with E-state index in [1.165, 1.54) is 0 Å². The van der Waals surface area contributed by atoms with E-state index in [1.54, 1.807) is 25.1 Å². The van der Waals surface area contributed by atoms with Crippen molar-refractivity contribution in [2.24, 2.45) is 7.05 Å². The Morgan fingerprint density at radius 1 is 0.944 bits per heavy atom. The molecule has 0 saturated carbocycles. The zero-order chi connectivity index (χ0) is 24.6. The summed E-state index contributed by atoms with van der Waals surface area (Å²) in [6.45, 7) is 0.635. The summed E-state index contributed by atoms with van der Waals surface area (Å²) in [4.78, 5) is 4.66. The summed E-state index contributed by atoms with van der Waals surface area (Å²) in [5.74, 6) is 8.08. The van der Waals surface area contributed by atoms with Gasteiger partial charge in [-0.1, -0.05) is 12.1 Å². The van der Waals surface area contributed by atoms with Gasteiger partial charge >= 0.3 is 0 Å². The number of fused-ring (bicyclic) bond motifs is 5. The van der Waals surface area contributed by atoms with E-state index < -0.39 is 0 Å². The van der Waals surface area contributed by atoms with E-state index in [0.29, 0.717) is 13.0 Å². The zero-order valence-corrected chi connectivity index (χ0v) is 20.3. The lowest BCUT2D eigenvalue weighted by Crippen LogP contribution is -2.05. The number of aromatic nitrogens is 6. The van der Waals surface area contributed by atoms with E-state index in [2.05, 4.69) is 55.4 Å². The molecule has 178 valence electrons. The first-order chi connectivity index (χ1) is 17.6. The Hall–Kier alpha value is -4.77. The number of nitrogens with zero attached hydrogens (tertiary/aromatic N) is 6. The first-order valence-electron chi connectivity index (χ1n) is 11.6. The van der Waals surface area contributed by atoms with Gasteiger partial charge in [-0.2, -0.15) is 10.2 Å². The smallest absolute Gasteiger partial charge is 0.135 e. The van der Waals surface area contributed by atoms with Crippen molar-refractivity contribution in [3.8, 4) is 40.3 Å². The summed E-state index contributed by atoms with van der Waals surface area (Å²) in [5.41, 5.74) is 7.98. The van der Waals surface area contributed by atoms with Crippen molar-refractivity contribution >= 4 is 0 Å². The second-order valence-corrected chi connectivity index (χ2v) is 8.58. The number of hydrogen-bond donors (Lipinski definition) is 0. The van der Waals surface area contributed by atoms with Crippen LogP contribution >= 0.6 is 0 Å². The summed E-state index contributed by atoms with van der Waals surface area (Å²) >= 11 is 0. The molecule has 5 aromatic rings. The number of methoxy groups -OCH3 is 2. The predicted octanol–water partition coefficient (Wildman–Crippen LogP) is 3.84. The predicted molar refractivity (Wildman–Crippen MR) is 135 cm³/mol. The molecule has 4 heterocycles. The second kappa shape index (κ2) is 8.78. The van der Waals surface area contributed by atoms with Crippen LogP contribution in [-0.4, -0.2) is 43.3 Å². The van der Waals surface area contributed by atoms with Gasteiger partial charge in [0.05, 0.1) is 50.2 Å². The molecule has 0 unspecified atom stereocenters. The van der Waals surface area contributed by atoms with E-state index in [4.69, 9.17) is 14.6 Å². The Morgan fingerprint density at radius 3 is 2.50 bits per heavy atom. The first-order valence-corrected chi connectivity index (χ1v) is 11.6. The topological polar surface area (TPSA) is 71.9 Å². The standard InChI is InChI=1S/C28H24N6O2/c1-32-21(12-13-30-32)6-10-25-27-14-20-16-31-34(17-19-4-7-22(35-2)8-5-19)28(20)24-15-23(36-3)9-11-26(24)33(27)18-29-25/h4-5,7-9,11-13,15-16,18H,14,17H2,1-3H3. The Bertz CT molecular complexity index is 1630. The molecular weight excluding hydrogens is 452 g/mol. The van der Waals surface area contributed by atoms with Crippen LogP contribution in [0.2, 0.25) is 0 Å². The zero-order valence-electron chi connectivity index (χ0n) is 20.3. The quantitative estimate of drug-likeness (QED) is 0.362. The maximum absolute atomic E-state index is 5.58. The van der Waals surface area contributed by atoms with Crippen molar-refractivity contribution in [1.29, 1.82) is 0 Å². The molecule has 0 spiro atoms. The monoisotopic (exact) mass is 476 g/mol. The normalized spacial score (nSPS) is 11.5. The van der Waals surface area contributed by atoms with Gasteiger partial charge in [-0.05, 0) is 53.8 Å². The SMILES string of the molecule is COc1ccc(Cn2ncc3c2-c2cc(OC)ccc2-n2cnc(C#Cc4ccnn4C)c2C3)cc1. The van der Waals surface area contributed by atoms with E-state index in [1.807, 2.05) is 43.8 Å². The largest absolute Gasteiger partial charge is 0.497 e. The second-order valence-electron chi connectivity index (χ2n) is 8.58. The van der Waals surface area contributed by atoms with Crippen LogP contribution in [0.5, 0.6) is 11.5 Å². The lowest BCUT2D eigenvalue weighted by atomic mass is 10.0. The van der Waals surface area contributed by atoms with Gasteiger partial charge in [0.15, 0.2) is 0 Å². The number of rotatable bonds is 4. The molecule has 0 fully saturated rings.